The van der Waals surface area contributed by atoms with Crippen LogP contribution in [0.5, 0.6) is 0 Å². The second kappa shape index (κ2) is 6.71. The van der Waals surface area contributed by atoms with Crippen LogP contribution in [0.1, 0.15) is 51.9 Å². The number of hydrogen-bond donors (Lipinski definition) is 2. The van der Waals surface area contributed by atoms with Crippen LogP contribution in [0, 0.1) is 5.41 Å². The van der Waals surface area contributed by atoms with E-state index in [1.165, 1.54) is 25.7 Å². The van der Waals surface area contributed by atoms with E-state index in [1.807, 2.05) is 7.05 Å². The molecule has 110 valence electrons. The highest BCUT2D eigenvalue weighted by Crippen LogP contribution is 2.54. The zero-order valence-corrected chi connectivity index (χ0v) is 12.3. The maximum Gasteiger partial charge on any atom is 0.220 e. The molecule has 4 heteroatoms. The Labute approximate surface area is 116 Å². The summed E-state index contributed by atoms with van der Waals surface area (Å²) < 4.78 is 5.86. The van der Waals surface area contributed by atoms with Crippen molar-refractivity contribution in [2.45, 2.75) is 64.0 Å². The molecular formula is C15H28N2O2. The van der Waals surface area contributed by atoms with Gasteiger partial charge in [0.05, 0.1) is 6.10 Å². The van der Waals surface area contributed by atoms with Crippen LogP contribution in [0.3, 0.4) is 0 Å². The summed E-state index contributed by atoms with van der Waals surface area (Å²) >= 11 is 0. The fraction of sp³-hybridized carbons (Fsp3) is 0.933. The van der Waals surface area contributed by atoms with Crippen LogP contribution < -0.4 is 10.6 Å². The molecule has 0 saturated heterocycles. The summed E-state index contributed by atoms with van der Waals surface area (Å²) in [5.41, 5.74) is 0.259. The number of carbonyl (C=O) groups is 1. The number of ether oxygens (including phenoxy) is 1. The third-order valence-electron chi connectivity index (χ3n) is 4.85. The van der Waals surface area contributed by atoms with E-state index < -0.39 is 0 Å². The predicted molar refractivity (Wildman–Crippen MR) is 76.0 cm³/mol. The van der Waals surface area contributed by atoms with Gasteiger partial charge in [0.15, 0.2) is 0 Å². The lowest BCUT2D eigenvalue weighted by atomic mass is 9.60. The lowest BCUT2D eigenvalue weighted by molar-refractivity contribution is -0.144. The molecule has 2 aliphatic carbocycles. The fourth-order valence-corrected chi connectivity index (χ4v) is 3.78. The molecule has 2 aliphatic rings. The molecule has 2 saturated carbocycles. The molecule has 0 bridgehead atoms. The van der Waals surface area contributed by atoms with Gasteiger partial charge in [0.1, 0.15) is 0 Å². The highest BCUT2D eigenvalue weighted by atomic mass is 16.5. The molecule has 1 spiro atoms. The van der Waals surface area contributed by atoms with E-state index in [9.17, 15) is 4.79 Å². The number of nitrogens with one attached hydrogen (secondary N) is 2. The number of rotatable bonds is 7. The first-order chi connectivity index (χ1) is 9.23. The van der Waals surface area contributed by atoms with Gasteiger partial charge in [-0.3, -0.25) is 4.79 Å². The van der Waals surface area contributed by atoms with Gasteiger partial charge in [0.2, 0.25) is 5.91 Å². The van der Waals surface area contributed by atoms with E-state index >= 15 is 0 Å². The van der Waals surface area contributed by atoms with Gasteiger partial charge in [-0.1, -0.05) is 12.8 Å². The van der Waals surface area contributed by atoms with Gasteiger partial charge in [0.25, 0.3) is 0 Å². The van der Waals surface area contributed by atoms with Gasteiger partial charge in [0, 0.05) is 24.5 Å². The number of amides is 1. The third kappa shape index (κ3) is 3.11. The third-order valence-corrected chi connectivity index (χ3v) is 4.85. The van der Waals surface area contributed by atoms with E-state index in [0.29, 0.717) is 18.6 Å². The Bertz CT molecular complexity index is 301. The summed E-state index contributed by atoms with van der Waals surface area (Å²) in [7, 11) is 1.92. The van der Waals surface area contributed by atoms with Crippen LogP contribution in [0.25, 0.3) is 0 Å². The smallest absolute Gasteiger partial charge is 0.220 e. The molecule has 0 aromatic carbocycles. The van der Waals surface area contributed by atoms with Crippen molar-refractivity contribution in [2.75, 3.05) is 20.2 Å². The first-order valence-electron chi connectivity index (χ1n) is 7.78. The molecule has 0 heterocycles. The van der Waals surface area contributed by atoms with Gasteiger partial charge < -0.3 is 15.4 Å². The van der Waals surface area contributed by atoms with Crippen molar-refractivity contribution in [3.05, 3.63) is 0 Å². The van der Waals surface area contributed by atoms with E-state index in [0.717, 1.165) is 26.0 Å². The van der Waals surface area contributed by atoms with Crippen molar-refractivity contribution in [1.29, 1.82) is 0 Å². The number of carbonyl (C=O) groups excluding carboxylic acids is 1. The minimum atomic E-state index is 0.210. The zero-order chi connectivity index (χ0) is 13.7. The SMILES string of the molecule is CCOC1CC(NC(=O)CCCNC)C12CCCC2. The monoisotopic (exact) mass is 268 g/mol. The van der Waals surface area contributed by atoms with E-state index in [4.69, 9.17) is 4.74 Å². The van der Waals surface area contributed by atoms with Crippen LogP contribution in [0.15, 0.2) is 0 Å². The van der Waals surface area contributed by atoms with E-state index in [2.05, 4.69) is 17.6 Å². The summed E-state index contributed by atoms with van der Waals surface area (Å²) in [6.07, 6.45) is 7.95. The van der Waals surface area contributed by atoms with Crippen LogP contribution in [-0.4, -0.2) is 38.3 Å². The van der Waals surface area contributed by atoms with Crippen LogP contribution >= 0.6 is 0 Å². The summed E-state index contributed by atoms with van der Waals surface area (Å²) in [4.78, 5) is 11.9. The average Bonchev–Trinajstić information content (AvgIpc) is 2.90. The van der Waals surface area contributed by atoms with Crippen molar-refractivity contribution >= 4 is 5.91 Å². The van der Waals surface area contributed by atoms with Crippen molar-refractivity contribution < 1.29 is 9.53 Å². The molecule has 19 heavy (non-hydrogen) atoms. The highest BCUT2D eigenvalue weighted by Gasteiger charge is 2.57. The minimum absolute atomic E-state index is 0.210. The van der Waals surface area contributed by atoms with Crippen LogP contribution in [0.2, 0.25) is 0 Å². The zero-order valence-electron chi connectivity index (χ0n) is 12.3. The first kappa shape index (κ1) is 14.8. The summed E-state index contributed by atoms with van der Waals surface area (Å²) in [5, 5.41) is 6.33. The van der Waals surface area contributed by atoms with Crippen LogP contribution in [-0.2, 0) is 9.53 Å². The van der Waals surface area contributed by atoms with Gasteiger partial charge in [-0.15, -0.1) is 0 Å². The standard InChI is InChI=1S/C15H28N2O2/c1-3-19-13-11-12(15(13)8-4-5-9-15)17-14(18)7-6-10-16-2/h12-13,16H,3-11H2,1-2H3,(H,17,18). The van der Waals surface area contributed by atoms with Crippen molar-refractivity contribution in [2.24, 2.45) is 5.41 Å². The Hall–Kier alpha value is -0.610. The van der Waals surface area contributed by atoms with Gasteiger partial charge in [-0.2, -0.15) is 0 Å². The fourth-order valence-electron chi connectivity index (χ4n) is 3.78. The maximum atomic E-state index is 11.9. The molecule has 1 amide bonds. The van der Waals surface area contributed by atoms with Crippen LogP contribution in [0.4, 0.5) is 0 Å². The Morgan fingerprint density at radius 1 is 1.37 bits per heavy atom. The first-order valence-corrected chi connectivity index (χ1v) is 7.78. The van der Waals surface area contributed by atoms with Gasteiger partial charge in [-0.25, -0.2) is 0 Å². The molecule has 2 fully saturated rings. The Morgan fingerprint density at radius 2 is 2.11 bits per heavy atom. The summed E-state index contributed by atoms with van der Waals surface area (Å²) in [5.74, 6) is 0.210. The highest BCUT2D eigenvalue weighted by molar-refractivity contribution is 5.76. The molecule has 2 N–H and O–H groups in total. The van der Waals surface area contributed by atoms with Crippen molar-refractivity contribution in [1.82, 2.24) is 10.6 Å². The molecule has 0 aromatic heterocycles. The largest absolute Gasteiger partial charge is 0.378 e. The second-order valence-electron chi connectivity index (χ2n) is 5.95. The summed E-state index contributed by atoms with van der Waals surface area (Å²) in [6, 6.07) is 0.355. The molecule has 4 nitrogen and oxygen atoms in total. The van der Waals surface area contributed by atoms with Crippen molar-refractivity contribution in [3.8, 4) is 0 Å². The Morgan fingerprint density at radius 3 is 2.74 bits per heavy atom. The molecular weight excluding hydrogens is 240 g/mol. The van der Waals surface area contributed by atoms with Gasteiger partial charge in [-0.05, 0) is 46.2 Å². The van der Waals surface area contributed by atoms with Gasteiger partial charge >= 0.3 is 0 Å². The Balaban J connectivity index is 1.82. The van der Waals surface area contributed by atoms with E-state index in [1.54, 1.807) is 0 Å². The molecule has 2 rings (SSSR count). The lowest BCUT2D eigenvalue weighted by Crippen LogP contribution is -2.63. The molecule has 0 aliphatic heterocycles. The average molecular weight is 268 g/mol. The predicted octanol–water partition coefficient (Wildman–Crippen LogP) is 1.84. The maximum absolute atomic E-state index is 11.9. The minimum Gasteiger partial charge on any atom is -0.378 e. The Kier molecular flexibility index (Phi) is 5.22. The van der Waals surface area contributed by atoms with E-state index in [-0.39, 0.29) is 11.3 Å². The number of hydrogen-bond acceptors (Lipinski definition) is 3. The normalized spacial score (nSPS) is 28.3. The second-order valence-corrected chi connectivity index (χ2v) is 5.95. The van der Waals surface area contributed by atoms with Crippen molar-refractivity contribution in [3.63, 3.8) is 0 Å². The lowest BCUT2D eigenvalue weighted by Gasteiger charge is -2.54. The molecule has 2 atom stereocenters. The quantitative estimate of drug-likeness (QED) is 0.693. The molecule has 0 aromatic rings. The summed E-state index contributed by atoms with van der Waals surface area (Å²) in [6.45, 7) is 3.76. The topological polar surface area (TPSA) is 50.4 Å². The molecule has 2 unspecified atom stereocenters. The molecule has 0 radical (unpaired) electrons.